The Morgan fingerprint density at radius 1 is 1.32 bits per heavy atom. The Hall–Kier alpha value is -2.21. The summed E-state index contributed by atoms with van der Waals surface area (Å²) in [4.78, 5) is 11.6. The van der Waals surface area contributed by atoms with Crippen LogP contribution in [0.2, 0.25) is 0 Å². The zero-order chi connectivity index (χ0) is 15.9. The fourth-order valence-corrected chi connectivity index (χ4v) is 2.15. The number of benzene rings is 2. The number of carbonyl (C=O) groups excluding carboxylic acids is 1. The molecule has 2 aromatic rings. The standard InChI is InChI=1S/C16H14BrFN2O2/c1-11-8-13(17)4-7-15(11)22-10-16(21)20-19-9-12-2-5-14(18)6-3-12/h2-9H,10H2,1H3,(H,20,21)/b19-9+. The summed E-state index contributed by atoms with van der Waals surface area (Å²) in [6, 6.07) is 11.3. The molecule has 0 unspecified atom stereocenters. The number of nitrogens with one attached hydrogen (secondary N) is 1. The second-order valence-corrected chi connectivity index (χ2v) is 5.46. The number of carbonyl (C=O) groups is 1. The number of ether oxygens (including phenoxy) is 1. The van der Waals surface area contributed by atoms with Gasteiger partial charge in [-0.2, -0.15) is 5.10 Å². The predicted molar refractivity (Wildman–Crippen MR) is 86.5 cm³/mol. The van der Waals surface area contributed by atoms with Crippen molar-refractivity contribution in [3.05, 3.63) is 63.9 Å². The van der Waals surface area contributed by atoms with Crippen molar-refractivity contribution in [1.29, 1.82) is 0 Å². The van der Waals surface area contributed by atoms with Crippen LogP contribution in [0.3, 0.4) is 0 Å². The van der Waals surface area contributed by atoms with E-state index in [4.69, 9.17) is 4.74 Å². The van der Waals surface area contributed by atoms with Gasteiger partial charge in [0.2, 0.25) is 0 Å². The molecule has 1 N–H and O–H groups in total. The quantitative estimate of drug-likeness (QED) is 0.652. The van der Waals surface area contributed by atoms with Gasteiger partial charge in [0.05, 0.1) is 6.21 Å². The Labute approximate surface area is 136 Å². The molecular formula is C16H14BrFN2O2. The van der Waals surface area contributed by atoms with E-state index in [9.17, 15) is 9.18 Å². The summed E-state index contributed by atoms with van der Waals surface area (Å²) in [5.74, 6) is -0.0546. The highest BCUT2D eigenvalue weighted by atomic mass is 79.9. The van der Waals surface area contributed by atoms with E-state index in [2.05, 4.69) is 26.5 Å². The number of hydrazone groups is 1. The maximum atomic E-state index is 12.7. The molecule has 1 amide bonds. The number of hydrogen-bond acceptors (Lipinski definition) is 3. The number of rotatable bonds is 5. The van der Waals surface area contributed by atoms with E-state index >= 15 is 0 Å². The highest BCUT2D eigenvalue weighted by Gasteiger charge is 2.04. The molecule has 0 aromatic heterocycles. The van der Waals surface area contributed by atoms with Crippen molar-refractivity contribution in [3.8, 4) is 5.75 Å². The van der Waals surface area contributed by atoms with Crippen LogP contribution < -0.4 is 10.2 Å². The van der Waals surface area contributed by atoms with Gasteiger partial charge in [-0.1, -0.05) is 28.1 Å². The Kier molecular flexibility index (Phi) is 5.66. The smallest absolute Gasteiger partial charge is 0.277 e. The average molecular weight is 365 g/mol. The molecule has 0 saturated carbocycles. The first-order valence-electron chi connectivity index (χ1n) is 6.51. The van der Waals surface area contributed by atoms with E-state index in [1.165, 1.54) is 18.3 Å². The summed E-state index contributed by atoms with van der Waals surface area (Å²) in [5, 5.41) is 3.79. The molecule has 0 aliphatic heterocycles. The van der Waals surface area contributed by atoms with Gasteiger partial charge in [0, 0.05) is 4.47 Å². The molecule has 2 aromatic carbocycles. The predicted octanol–water partition coefficient (Wildman–Crippen LogP) is 3.43. The molecule has 22 heavy (non-hydrogen) atoms. The summed E-state index contributed by atoms with van der Waals surface area (Å²) < 4.78 is 19.1. The summed E-state index contributed by atoms with van der Waals surface area (Å²) >= 11 is 3.36. The zero-order valence-corrected chi connectivity index (χ0v) is 13.4. The highest BCUT2D eigenvalue weighted by Crippen LogP contribution is 2.21. The van der Waals surface area contributed by atoms with Crippen LogP contribution in [0.25, 0.3) is 0 Å². The first kappa shape index (κ1) is 16.2. The van der Waals surface area contributed by atoms with Crippen LogP contribution in [0.1, 0.15) is 11.1 Å². The largest absolute Gasteiger partial charge is 0.483 e. The summed E-state index contributed by atoms with van der Waals surface area (Å²) in [7, 11) is 0. The van der Waals surface area contributed by atoms with Gasteiger partial charge in [0.15, 0.2) is 6.61 Å². The zero-order valence-electron chi connectivity index (χ0n) is 11.8. The van der Waals surface area contributed by atoms with Crippen LogP contribution in [0, 0.1) is 12.7 Å². The summed E-state index contributed by atoms with van der Waals surface area (Å²) in [6.07, 6.45) is 1.43. The number of hydrogen-bond donors (Lipinski definition) is 1. The minimum Gasteiger partial charge on any atom is -0.483 e. The molecule has 0 saturated heterocycles. The van der Waals surface area contributed by atoms with Crippen LogP contribution in [-0.4, -0.2) is 18.7 Å². The van der Waals surface area contributed by atoms with Crippen molar-refractivity contribution in [1.82, 2.24) is 5.43 Å². The van der Waals surface area contributed by atoms with Crippen molar-refractivity contribution in [3.63, 3.8) is 0 Å². The van der Waals surface area contributed by atoms with Crippen LogP contribution in [0.15, 0.2) is 52.0 Å². The minimum atomic E-state index is -0.374. The topological polar surface area (TPSA) is 50.7 Å². The van der Waals surface area contributed by atoms with Crippen LogP contribution in [0.5, 0.6) is 5.75 Å². The van der Waals surface area contributed by atoms with E-state index < -0.39 is 0 Å². The third-order valence-corrected chi connectivity index (χ3v) is 3.26. The summed E-state index contributed by atoms with van der Waals surface area (Å²) in [6.45, 7) is 1.76. The minimum absolute atomic E-state index is 0.136. The monoisotopic (exact) mass is 364 g/mol. The first-order valence-corrected chi connectivity index (χ1v) is 7.30. The van der Waals surface area contributed by atoms with Gasteiger partial charge in [-0.25, -0.2) is 9.82 Å². The van der Waals surface area contributed by atoms with Crippen molar-refractivity contribution >= 4 is 28.1 Å². The maximum Gasteiger partial charge on any atom is 0.277 e. The molecule has 4 nitrogen and oxygen atoms in total. The molecule has 0 aliphatic rings. The number of nitrogens with zero attached hydrogens (tertiary/aromatic N) is 1. The molecule has 0 atom stereocenters. The molecule has 0 heterocycles. The van der Waals surface area contributed by atoms with E-state index in [1.807, 2.05) is 19.1 Å². The molecule has 6 heteroatoms. The lowest BCUT2D eigenvalue weighted by atomic mass is 10.2. The van der Waals surface area contributed by atoms with E-state index in [0.29, 0.717) is 11.3 Å². The van der Waals surface area contributed by atoms with Gasteiger partial charge in [-0.05, 0) is 48.4 Å². The Morgan fingerprint density at radius 2 is 2.05 bits per heavy atom. The van der Waals surface area contributed by atoms with E-state index in [-0.39, 0.29) is 18.3 Å². The van der Waals surface area contributed by atoms with Gasteiger partial charge < -0.3 is 4.74 Å². The Bertz CT molecular complexity index is 687. The Morgan fingerprint density at radius 3 is 2.73 bits per heavy atom. The maximum absolute atomic E-state index is 12.7. The third-order valence-electron chi connectivity index (χ3n) is 2.77. The van der Waals surface area contributed by atoms with Crippen molar-refractivity contribution in [2.24, 2.45) is 5.10 Å². The Balaban J connectivity index is 1.81. The van der Waals surface area contributed by atoms with Crippen molar-refractivity contribution in [2.75, 3.05) is 6.61 Å². The van der Waals surface area contributed by atoms with Gasteiger partial charge in [-0.15, -0.1) is 0 Å². The molecule has 0 spiro atoms. The lowest BCUT2D eigenvalue weighted by Gasteiger charge is -2.08. The average Bonchev–Trinajstić information content (AvgIpc) is 2.48. The highest BCUT2D eigenvalue weighted by molar-refractivity contribution is 9.10. The second-order valence-electron chi connectivity index (χ2n) is 4.54. The lowest BCUT2D eigenvalue weighted by Crippen LogP contribution is -2.24. The molecule has 0 bridgehead atoms. The molecule has 2 rings (SSSR count). The van der Waals surface area contributed by atoms with E-state index in [0.717, 1.165) is 10.0 Å². The van der Waals surface area contributed by atoms with Crippen LogP contribution in [0.4, 0.5) is 4.39 Å². The molecule has 0 fully saturated rings. The second kappa shape index (κ2) is 7.70. The van der Waals surface area contributed by atoms with E-state index in [1.54, 1.807) is 18.2 Å². The van der Waals surface area contributed by atoms with Crippen LogP contribution >= 0.6 is 15.9 Å². The lowest BCUT2D eigenvalue weighted by molar-refractivity contribution is -0.123. The molecular weight excluding hydrogens is 351 g/mol. The van der Waals surface area contributed by atoms with Crippen molar-refractivity contribution < 1.29 is 13.9 Å². The van der Waals surface area contributed by atoms with Gasteiger partial charge in [0.1, 0.15) is 11.6 Å². The normalized spacial score (nSPS) is 10.7. The molecule has 0 aliphatic carbocycles. The van der Waals surface area contributed by atoms with Gasteiger partial charge in [-0.3, -0.25) is 4.79 Å². The van der Waals surface area contributed by atoms with Gasteiger partial charge in [0.25, 0.3) is 5.91 Å². The molecule has 114 valence electrons. The van der Waals surface area contributed by atoms with Crippen LogP contribution in [-0.2, 0) is 4.79 Å². The van der Waals surface area contributed by atoms with Crippen molar-refractivity contribution in [2.45, 2.75) is 6.92 Å². The summed E-state index contributed by atoms with van der Waals surface area (Å²) in [5.41, 5.74) is 3.96. The first-order chi connectivity index (χ1) is 10.5. The molecule has 0 radical (unpaired) electrons. The van der Waals surface area contributed by atoms with Gasteiger partial charge >= 0.3 is 0 Å². The number of aryl methyl sites for hydroxylation is 1. The fourth-order valence-electron chi connectivity index (χ4n) is 1.68. The fraction of sp³-hybridized carbons (Fsp3) is 0.125. The number of halogens is 2. The third kappa shape index (κ3) is 4.96. The number of amides is 1. The SMILES string of the molecule is Cc1cc(Br)ccc1OCC(=O)N/N=C/c1ccc(F)cc1.